The molecule has 0 aliphatic carbocycles. The molecule has 2 heterocycles. The van der Waals surface area contributed by atoms with E-state index >= 15 is 0 Å². The van der Waals surface area contributed by atoms with Crippen molar-refractivity contribution in [2.45, 2.75) is 17.0 Å². The summed E-state index contributed by atoms with van der Waals surface area (Å²) in [6.45, 7) is 1.94. The van der Waals surface area contributed by atoms with Crippen molar-refractivity contribution in [2.24, 2.45) is 0 Å². The molecule has 1 aromatic carbocycles. The molecule has 1 N–H and O–H groups in total. The number of benzene rings is 1. The molecule has 0 spiro atoms. The fraction of sp³-hybridized carbons (Fsp3) is 0.0833. The lowest BCUT2D eigenvalue weighted by molar-refractivity contribution is 1.07. The molecule has 3 aromatic rings. The zero-order valence-electron chi connectivity index (χ0n) is 9.21. The van der Waals surface area contributed by atoms with Gasteiger partial charge in [-0.3, -0.25) is 0 Å². The van der Waals surface area contributed by atoms with Gasteiger partial charge in [-0.15, -0.1) is 0 Å². The van der Waals surface area contributed by atoms with Crippen LogP contribution in [-0.4, -0.2) is 19.9 Å². The number of hydrogen-bond acceptors (Lipinski definition) is 4. The van der Waals surface area contributed by atoms with E-state index in [1.165, 1.54) is 6.33 Å². The molecule has 5 heteroatoms. The number of imidazole rings is 1. The zero-order valence-corrected chi connectivity index (χ0v) is 10.0. The monoisotopic (exact) mass is 242 g/mol. The number of nitrogens with zero attached hydrogens (tertiary/aromatic N) is 3. The van der Waals surface area contributed by atoms with Gasteiger partial charge in [0.1, 0.15) is 11.8 Å². The lowest BCUT2D eigenvalue weighted by Gasteiger charge is -1.95. The quantitative estimate of drug-likeness (QED) is 0.750. The fourth-order valence-electron chi connectivity index (χ4n) is 1.57. The third-order valence-corrected chi connectivity index (χ3v) is 3.31. The number of rotatable bonds is 2. The van der Waals surface area contributed by atoms with Gasteiger partial charge >= 0.3 is 0 Å². The largest absolute Gasteiger partial charge is 0.330 e. The van der Waals surface area contributed by atoms with Crippen molar-refractivity contribution >= 4 is 22.9 Å². The number of nitrogens with one attached hydrogen (secondary N) is 1. The Morgan fingerprint density at radius 1 is 1.12 bits per heavy atom. The molecular formula is C12H10N4S. The average molecular weight is 242 g/mol. The minimum absolute atomic E-state index is 0.718. The second-order valence-corrected chi connectivity index (χ2v) is 4.68. The molecule has 0 fully saturated rings. The molecule has 2 aromatic heterocycles. The van der Waals surface area contributed by atoms with Crippen LogP contribution in [0, 0.1) is 6.92 Å². The smallest absolute Gasteiger partial charge is 0.182 e. The molecule has 0 unspecified atom stereocenters. The van der Waals surface area contributed by atoms with Gasteiger partial charge in [0.15, 0.2) is 10.8 Å². The van der Waals surface area contributed by atoms with Crippen molar-refractivity contribution in [1.82, 2.24) is 19.9 Å². The average Bonchev–Trinajstić information content (AvgIpc) is 2.74. The summed E-state index contributed by atoms with van der Waals surface area (Å²) in [6.07, 6.45) is 1.54. The fourth-order valence-corrected chi connectivity index (χ4v) is 2.37. The van der Waals surface area contributed by atoms with Gasteiger partial charge in [-0.05, 0) is 19.1 Å². The van der Waals surface area contributed by atoms with Gasteiger partial charge in [0.2, 0.25) is 0 Å². The van der Waals surface area contributed by atoms with Crippen LogP contribution in [0.5, 0.6) is 0 Å². The van der Waals surface area contributed by atoms with Gasteiger partial charge < -0.3 is 4.98 Å². The standard InChI is InChI=1S/C12H10N4S/c1-8-10-11(14-7-13-8)16-12(15-10)17-9-5-3-2-4-6-9/h2-7H,1H3,(H,13,14,15,16). The van der Waals surface area contributed by atoms with E-state index in [0.29, 0.717) is 0 Å². The van der Waals surface area contributed by atoms with Crippen LogP contribution in [0.25, 0.3) is 11.2 Å². The Hall–Kier alpha value is -1.88. The SMILES string of the molecule is Cc1ncnc2nc(Sc3ccccc3)[nH]c12. The lowest BCUT2D eigenvalue weighted by atomic mass is 10.4. The van der Waals surface area contributed by atoms with Crippen LogP contribution in [0.2, 0.25) is 0 Å². The second kappa shape index (κ2) is 4.18. The maximum Gasteiger partial charge on any atom is 0.182 e. The summed E-state index contributed by atoms with van der Waals surface area (Å²) < 4.78 is 0. The van der Waals surface area contributed by atoms with E-state index in [4.69, 9.17) is 0 Å². The highest BCUT2D eigenvalue weighted by atomic mass is 32.2. The lowest BCUT2D eigenvalue weighted by Crippen LogP contribution is -1.84. The van der Waals surface area contributed by atoms with E-state index in [2.05, 4.69) is 32.1 Å². The summed E-state index contributed by atoms with van der Waals surface area (Å²) in [4.78, 5) is 17.1. The number of aromatic amines is 1. The van der Waals surface area contributed by atoms with E-state index in [1.54, 1.807) is 11.8 Å². The predicted molar refractivity (Wildman–Crippen MR) is 67.0 cm³/mol. The number of aryl methyl sites for hydroxylation is 1. The molecule has 0 amide bonds. The molecule has 0 atom stereocenters. The van der Waals surface area contributed by atoms with Crippen LogP contribution in [0.15, 0.2) is 46.7 Å². The molecule has 0 aliphatic rings. The second-order valence-electron chi connectivity index (χ2n) is 3.61. The molecular weight excluding hydrogens is 232 g/mol. The first-order valence-corrected chi connectivity index (χ1v) is 6.05. The Morgan fingerprint density at radius 2 is 1.94 bits per heavy atom. The van der Waals surface area contributed by atoms with Crippen molar-refractivity contribution in [1.29, 1.82) is 0 Å². The van der Waals surface area contributed by atoms with Crippen LogP contribution < -0.4 is 0 Å². The van der Waals surface area contributed by atoms with Gasteiger partial charge in [-0.25, -0.2) is 15.0 Å². The Morgan fingerprint density at radius 3 is 2.71 bits per heavy atom. The van der Waals surface area contributed by atoms with Crippen LogP contribution in [0.4, 0.5) is 0 Å². The first-order chi connectivity index (χ1) is 8.33. The first kappa shape index (κ1) is 10.3. The predicted octanol–water partition coefficient (Wildman–Crippen LogP) is 2.81. The van der Waals surface area contributed by atoms with E-state index in [-0.39, 0.29) is 0 Å². The van der Waals surface area contributed by atoms with E-state index in [1.807, 2.05) is 25.1 Å². The topological polar surface area (TPSA) is 54.5 Å². The summed E-state index contributed by atoms with van der Waals surface area (Å²) in [5.74, 6) is 0. The molecule has 17 heavy (non-hydrogen) atoms. The highest BCUT2D eigenvalue weighted by molar-refractivity contribution is 7.99. The maximum absolute atomic E-state index is 4.43. The molecule has 4 nitrogen and oxygen atoms in total. The Labute approximate surface area is 103 Å². The van der Waals surface area contributed by atoms with Gasteiger partial charge in [-0.2, -0.15) is 0 Å². The Balaban J connectivity index is 1.99. The Bertz CT molecular complexity index is 648. The van der Waals surface area contributed by atoms with Gasteiger partial charge in [0, 0.05) is 4.90 Å². The summed E-state index contributed by atoms with van der Waals surface area (Å²) in [5, 5.41) is 0.842. The first-order valence-electron chi connectivity index (χ1n) is 5.23. The van der Waals surface area contributed by atoms with E-state index < -0.39 is 0 Å². The van der Waals surface area contributed by atoms with Crippen molar-refractivity contribution in [3.8, 4) is 0 Å². The van der Waals surface area contributed by atoms with E-state index in [9.17, 15) is 0 Å². The van der Waals surface area contributed by atoms with Crippen molar-refractivity contribution in [3.63, 3.8) is 0 Å². The Kier molecular flexibility index (Phi) is 2.53. The van der Waals surface area contributed by atoms with Crippen molar-refractivity contribution in [2.75, 3.05) is 0 Å². The molecule has 0 aliphatic heterocycles. The molecule has 0 bridgehead atoms. The van der Waals surface area contributed by atoms with Crippen molar-refractivity contribution < 1.29 is 0 Å². The third kappa shape index (κ3) is 2.01. The molecule has 84 valence electrons. The molecule has 0 radical (unpaired) electrons. The summed E-state index contributed by atoms with van der Waals surface area (Å²) in [7, 11) is 0. The summed E-state index contributed by atoms with van der Waals surface area (Å²) >= 11 is 1.59. The van der Waals surface area contributed by atoms with Crippen LogP contribution in [0.1, 0.15) is 5.69 Å². The number of fused-ring (bicyclic) bond motifs is 1. The minimum atomic E-state index is 0.718. The molecule has 0 saturated heterocycles. The van der Waals surface area contributed by atoms with Gasteiger partial charge in [0.25, 0.3) is 0 Å². The van der Waals surface area contributed by atoms with Gasteiger partial charge in [-0.1, -0.05) is 30.0 Å². The highest BCUT2D eigenvalue weighted by Gasteiger charge is 2.07. The number of hydrogen-bond donors (Lipinski definition) is 1. The van der Waals surface area contributed by atoms with Gasteiger partial charge in [0.05, 0.1) is 5.69 Å². The number of H-pyrrole nitrogens is 1. The zero-order chi connectivity index (χ0) is 11.7. The summed E-state index contributed by atoms with van der Waals surface area (Å²) in [6, 6.07) is 10.1. The van der Waals surface area contributed by atoms with E-state index in [0.717, 1.165) is 26.9 Å². The minimum Gasteiger partial charge on any atom is -0.330 e. The van der Waals surface area contributed by atoms with Crippen LogP contribution in [-0.2, 0) is 0 Å². The maximum atomic E-state index is 4.43. The summed E-state index contributed by atoms with van der Waals surface area (Å²) in [5.41, 5.74) is 2.55. The van der Waals surface area contributed by atoms with Crippen molar-refractivity contribution in [3.05, 3.63) is 42.4 Å². The normalized spacial score (nSPS) is 10.9. The molecule has 3 rings (SSSR count). The van der Waals surface area contributed by atoms with Crippen LogP contribution in [0.3, 0.4) is 0 Å². The third-order valence-electron chi connectivity index (χ3n) is 2.41. The van der Waals surface area contributed by atoms with Crippen LogP contribution >= 0.6 is 11.8 Å². The highest BCUT2D eigenvalue weighted by Crippen LogP contribution is 2.26. The number of aromatic nitrogens is 4. The molecule has 0 saturated carbocycles.